The van der Waals surface area contributed by atoms with Crippen molar-refractivity contribution in [2.45, 2.75) is 26.4 Å². The molecule has 0 atom stereocenters. The minimum atomic E-state index is -1.78. The predicted molar refractivity (Wildman–Crippen MR) is 204 cm³/mol. The van der Waals surface area contributed by atoms with Gasteiger partial charge in [0.05, 0.1) is 26.5 Å². The van der Waals surface area contributed by atoms with E-state index in [9.17, 15) is 9.90 Å². The summed E-state index contributed by atoms with van der Waals surface area (Å²) in [6.45, 7) is 18.3. The standard InChI is InChI=1S/C20H20OP.C10H9NO.C8H5NO.C4H9O.ClH.K/c1-21-17-22(18-11-5-2-6-12-18,19-13-7-3-8-14-19)20-15-9-4-10-16-20;1-11-10-5-3-4-9(8-10)6-7-12-2;1-9-8-4-2-3-7(5-8)6-10;1-4(2,3)5;;/h2-16H,17H2,1H3;3-8H,2H3;2-6H;1-3H3;1H;/q+1;;;-1;;+1/p-1/b;7-6+;;;;. The molecule has 5 rings (SSSR count). The normalized spacial score (nSPS) is 9.96. The van der Waals surface area contributed by atoms with Crippen molar-refractivity contribution in [3.8, 4) is 0 Å². The number of ether oxygens (including phenoxy) is 2. The van der Waals surface area contributed by atoms with E-state index in [1.54, 1.807) is 71.6 Å². The zero-order valence-corrected chi connectivity index (χ0v) is 34.8. The van der Waals surface area contributed by atoms with Gasteiger partial charge in [0.15, 0.2) is 17.7 Å². The molecule has 0 aliphatic heterocycles. The molecule has 6 nitrogen and oxygen atoms in total. The summed E-state index contributed by atoms with van der Waals surface area (Å²) in [7, 11) is 1.61. The molecule has 5 aromatic rings. The SMILES string of the molecule is CC(C)(C)[O-].COC[P+](c1ccccc1)(c1ccccc1)c1ccccc1.[C-]#[N+]c1cccc(/C=C/OC)c1.[C-]#[N+]c1cccc(C=O)c1.[Cl-].[K+]. The van der Waals surface area contributed by atoms with Gasteiger partial charge in [-0.05, 0) is 60.2 Å². The Morgan fingerprint density at radius 1 is 0.667 bits per heavy atom. The Bertz CT molecular complexity index is 1700. The Morgan fingerprint density at radius 2 is 1.04 bits per heavy atom. The number of benzene rings is 5. The second-order valence-corrected chi connectivity index (χ2v) is 14.8. The van der Waals surface area contributed by atoms with E-state index in [2.05, 4.69) is 101 Å². The summed E-state index contributed by atoms with van der Waals surface area (Å²) in [4.78, 5) is 16.7. The topological polar surface area (TPSA) is 67.3 Å². The molecule has 0 unspecified atom stereocenters. The van der Waals surface area contributed by atoms with Crippen molar-refractivity contribution < 1.29 is 83.2 Å². The third-order valence-corrected chi connectivity index (χ3v) is 10.6. The van der Waals surface area contributed by atoms with Gasteiger partial charge in [-0.25, -0.2) is 9.69 Å². The van der Waals surface area contributed by atoms with Gasteiger partial charge in [0, 0.05) is 12.7 Å². The van der Waals surface area contributed by atoms with E-state index in [4.69, 9.17) is 22.6 Å². The van der Waals surface area contributed by atoms with Gasteiger partial charge < -0.3 is 27.0 Å². The second kappa shape index (κ2) is 26.4. The van der Waals surface area contributed by atoms with Crippen LogP contribution in [0.15, 0.2) is 146 Å². The minimum Gasteiger partial charge on any atom is -1.00 e. The first kappa shape index (κ1) is 47.6. The van der Waals surface area contributed by atoms with Gasteiger partial charge in [0.25, 0.3) is 0 Å². The molecular formula is C42H43ClKN2O4P. The Labute approximate surface area is 353 Å². The van der Waals surface area contributed by atoms with Crippen LogP contribution < -0.4 is 84.8 Å². The first-order valence-electron chi connectivity index (χ1n) is 15.4. The largest absolute Gasteiger partial charge is 1.00 e. The van der Waals surface area contributed by atoms with Crippen LogP contribution in [0.1, 0.15) is 36.7 Å². The number of carbonyl (C=O) groups is 1. The van der Waals surface area contributed by atoms with Crippen molar-refractivity contribution in [3.63, 3.8) is 0 Å². The third kappa shape index (κ3) is 17.6. The molecule has 0 saturated heterocycles. The molecule has 0 spiro atoms. The Balaban J connectivity index is 0.000000733. The van der Waals surface area contributed by atoms with E-state index in [0.717, 1.165) is 11.8 Å². The number of nitrogens with zero attached hydrogens (tertiary/aromatic N) is 2. The van der Waals surface area contributed by atoms with Crippen LogP contribution in [-0.4, -0.2) is 32.5 Å². The maximum absolute atomic E-state index is 10.2. The van der Waals surface area contributed by atoms with Crippen molar-refractivity contribution in [3.05, 3.63) is 180 Å². The van der Waals surface area contributed by atoms with Gasteiger partial charge in [0.2, 0.25) is 0 Å². The fourth-order valence-electron chi connectivity index (χ4n) is 4.42. The fraction of sp³-hybridized carbons (Fsp3) is 0.167. The average Bonchev–Trinajstić information content (AvgIpc) is 3.14. The first-order chi connectivity index (χ1) is 23.6. The van der Waals surface area contributed by atoms with E-state index >= 15 is 0 Å². The zero-order chi connectivity index (χ0) is 36.0. The summed E-state index contributed by atoms with van der Waals surface area (Å²) in [5, 5.41) is 14.2. The van der Waals surface area contributed by atoms with Gasteiger partial charge in [-0.2, -0.15) is 0 Å². The van der Waals surface area contributed by atoms with Crippen molar-refractivity contribution in [2.75, 3.05) is 20.6 Å². The van der Waals surface area contributed by atoms with E-state index in [-0.39, 0.29) is 63.8 Å². The molecule has 0 aliphatic carbocycles. The molecular weight excluding hydrogens is 702 g/mol. The van der Waals surface area contributed by atoms with Gasteiger partial charge in [-0.1, -0.05) is 112 Å². The molecule has 5 aromatic carbocycles. The number of halogens is 1. The maximum Gasteiger partial charge on any atom is 1.00 e. The smallest absolute Gasteiger partial charge is 1.00 e. The molecule has 9 heteroatoms. The summed E-state index contributed by atoms with van der Waals surface area (Å²) in [6, 6.07) is 46.2. The summed E-state index contributed by atoms with van der Waals surface area (Å²) >= 11 is 0. The van der Waals surface area contributed by atoms with Gasteiger partial charge in [-0.3, -0.25) is 4.79 Å². The molecule has 0 aliphatic rings. The van der Waals surface area contributed by atoms with Crippen LogP contribution in [0.4, 0.5) is 11.4 Å². The number of hydrogen-bond acceptors (Lipinski definition) is 4. The van der Waals surface area contributed by atoms with Crippen molar-refractivity contribution >= 4 is 46.9 Å². The quantitative estimate of drug-likeness (QED) is 0.0807. The summed E-state index contributed by atoms with van der Waals surface area (Å²) in [5.74, 6) is 0. The predicted octanol–water partition coefficient (Wildman–Crippen LogP) is 2.64. The fourth-order valence-corrected chi connectivity index (χ4v) is 8.20. The zero-order valence-electron chi connectivity index (χ0n) is 30.1. The van der Waals surface area contributed by atoms with E-state index < -0.39 is 12.9 Å². The number of methoxy groups -OCH3 is 2. The number of hydrogen-bond donors (Lipinski definition) is 0. The number of aldehydes is 1. The second-order valence-electron chi connectivity index (χ2n) is 11.4. The molecule has 0 saturated carbocycles. The third-order valence-electron chi connectivity index (χ3n) is 6.44. The molecule has 0 amide bonds. The summed E-state index contributed by atoms with van der Waals surface area (Å²) in [6.07, 6.45) is 4.84. The van der Waals surface area contributed by atoms with E-state index in [0.29, 0.717) is 23.3 Å². The van der Waals surface area contributed by atoms with Crippen molar-refractivity contribution in [1.29, 1.82) is 0 Å². The Morgan fingerprint density at radius 3 is 1.37 bits per heavy atom. The molecule has 0 heterocycles. The molecule has 0 radical (unpaired) electrons. The molecule has 51 heavy (non-hydrogen) atoms. The monoisotopic (exact) mass is 744 g/mol. The Kier molecular flexibility index (Phi) is 24.6. The van der Waals surface area contributed by atoms with Crippen molar-refractivity contribution in [2.24, 2.45) is 0 Å². The van der Waals surface area contributed by atoms with Gasteiger partial charge in [-0.15, -0.1) is 5.60 Å². The first-order valence-corrected chi connectivity index (χ1v) is 17.4. The van der Waals surface area contributed by atoms with Crippen LogP contribution in [0.5, 0.6) is 0 Å². The van der Waals surface area contributed by atoms with Crippen molar-refractivity contribution in [1.82, 2.24) is 0 Å². The van der Waals surface area contributed by atoms with Crippen LogP contribution >= 0.6 is 7.26 Å². The van der Waals surface area contributed by atoms with Gasteiger partial charge in [0.1, 0.15) is 29.5 Å². The molecule has 0 aromatic heterocycles. The van der Waals surface area contributed by atoms with Crippen LogP contribution in [0.25, 0.3) is 15.8 Å². The van der Waals surface area contributed by atoms with Crippen LogP contribution in [-0.2, 0) is 9.47 Å². The molecule has 0 N–H and O–H groups in total. The van der Waals surface area contributed by atoms with Crippen LogP contribution in [0.2, 0.25) is 0 Å². The molecule has 0 fully saturated rings. The average molecular weight is 745 g/mol. The molecule has 258 valence electrons. The van der Waals surface area contributed by atoms with Crippen LogP contribution in [0.3, 0.4) is 0 Å². The Hall–Kier alpha value is -3.43. The van der Waals surface area contributed by atoms with E-state index in [1.807, 2.05) is 24.3 Å². The summed E-state index contributed by atoms with van der Waals surface area (Å²) < 4.78 is 10.5. The number of rotatable bonds is 8. The molecule has 0 bridgehead atoms. The minimum absolute atomic E-state index is 0. The van der Waals surface area contributed by atoms with E-state index in [1.165, 1.54) is 15.9 Å². The summed E-state index contributed by atoms with van der Waals surface area (Å²) in [5.41, 5.74) is 1.93. The van der Waals surface area contributed by atoms with Gasteiger partial charge >= 0.3 is 51.4 Å². The maximum atomic E-state index is 10.2. The number of carbonyl (C=O) groups excluding carboxylic acids is 1. The van der Waals surface area contributed by atoms with Crippen LogP contribution in [0, 0.1) is 13.1 Å².